The zero-order valence-corrected chi connectivity index (χ0v) is 16.8. The first kappa shape index (κ1) is 21.0. The maximum absolute atomic E-state index is 13.1. The Morgan fingerprint density at radius 3 is 2.47 bits per heavy atom. The molecule has 0 bridgehead atoms. The Morgan fingerprint density at radius 2 is 1.91 bits per heavy atom. The molecule has 3 heterocycles. The van der Waals surface area contributed by atoms with Crippen LogP contribution in [0.5, 0.6) is 0 Å². The molecule has 4 rings (SSSR count). The maximum atomic E-state index is 13.1. The third-order valence-corrected chi connectivity index (χ3v) is 5.91. The van der Waals surface area contributed by atoms with Gasteiger partial charge in [-0.25, -0.2) is 0 Å². The molecule has 2 atom stereocenters. The van der Waals surface area contributed by atoms with Crippen molar-refractivity contribution in [1.29, 1.82) is 5.26 Å². The first-order valence-corrected chi connectivity index (χ1v) is 9.93. The van der Waals surface area contributed by atoms with Crippen LogP contribution < -0.4 is 21.5 Å². The number of aromatic amines is 1. The highest BCUT2D eigenvalue weighted by atomic mass is 16.6. The van der Waals surface area contributed by atoms with Gasteiger partial charge in [-0.05, 0) is 18.4 Å². The largest absolute Gasteiger partial charge is 0.369 e. The number of nitro benzene ring substituents is 1. The van der Waals surface area contributed by atoms with Gasteiger partial charge in [0.2, 0.25) is 17.8 Å². The van der Waals surface area contributed by atoms with Gasteiger partial charge in [-0.1, -0.05) is 12.1 Å². The fourth-order valence-electron chi connectivity index (χ4n) is 4.19. The Kier molecular flexibility index (Phi) is 5.31. The van der Waals surface area contributed by atoms with Crippen LogP contribution in [-0.4, -0.2) is 39.8 Å². The molecule has 1 aromatic carbocycles. The maximum Gasteiger partial charge on any atom is 0.269 e. The molecule has 0 spiro atoms. The van der Waals surface area contributed by atoms with Crippen molar-refractivity contribution in [2.75, 3.05) is 23.3 Å². The summed E-state index contributed by atoms with van der Waals surface area (Å²) in [6.07, 6.45) is 1.04. The van der Waals surface area contributed by atoms with E-state index >= 15 is 0 Å². The molecule has 4 N–H and O–H groups in total. The molecule has 12 nitrogen and oxygen atoms in total. The summed E-state index contributed by atoms with van der Waals surface area (Å²) < 4.78 is 0. The summed E-state index contributed by atoms with van der Waals surface area (Å²) in [6, 6.07) is 7.29. The number of nitro groups is 1. The molecule has 1 saturated heterocycles. The topological polar surface area (TPSA) is 188 Å². The van der Waals surface area contributed by atoms with Crippen molar-refractivity contribution in [1.82, 2.24) is 9.97 Å². The van der Waals surface area contributed by atoms with Crippen LogP contribution in [0.2, 0.25) is 0 Å². The minimum absolute atomic E-state index is 0.0422. The van der Waals surface area contributed by atoms with Crippen LogP contribution in [0.15, 0.2) is 29.1 Å². The molecule has 1 fully saturated rings. The van der Waals surface area contributed by atoms with Crippen LogP contribution in [0, 0.1) is 33.3 Å². The molecule has 1 aromatic heterocycles. The number of rotatable bonds is 4. The third kappa shape index (κ3) is 3.64. The Balaban J connectivity index is 1.73. The van der Waals surface area contributed by atoms with Crippen LogP contribution >= 0.6 is 0 Å². The number of piperidine rings is 1. The highest BCUT2D eigenvalue weighted by molar-refractivity contribution is 5.98. The highest BCUT2D eigenvalue weighted by Crippen LogP contribution is 2.38. The first-order chi connectivity index (χ1) is 15.3. The quantitative estimate of drug-likeness (QED) is 0.458. The monoisotopic (exact) mass is 437 g/mol. The normalized spacial score (nSPS) is 20.7. The molecule has 2 amide bonds. The van der Waals surface area contributed by atoms with E-state index in [1.807, 2.05) is 6.07 Å². The van der Waals surface area contributed by atoms with E-state index < -0.39 is 28.2 Å². The van der Waals surface area contributed by atoms with Crippen LogP contribution in [0.3, 0.4) is 0 Å². The van der Waals surface area contributed by atoms with Crippen LogP contribution in [0.4, 0.5) is 17.5 Å². The molecule has 0 aliphatic carbocycles. The van der Waals surface area contributed by atoms with E-state index in [1.165, 1.54) is 24.3 Å². The second-order valence-corrected chi connectivity index (χ2v) is 7.74. The van der Waals surface area contributed by atoms with Crippen LogP contribution in [-0.2, 0) is 9.59 Å². The lowest BCUT2D eigenvalue weighted by molar-refractivity contribution is -0.384. The van der Waals surface area contributed by atoms with Gasteiger partial charge in [-0.3, -0.25) is 29.5 Å². The number of hydrogen-bond acceptors (Lipinski definition) is 8. The van der Waals surface area contributed by atoms with Gasteiger partial charge in [0, 0.05) is 37.1 Å². The number of primary amides is 1. The number of aromatic nitrogens is 2. The number of H-pyrrole nitrogens is 1. The van der Waals surface area contributed by atoms with Crippen molar-refractivity contribution < 1.29 is 14.5 Å². The molecule has 0 radical (unpaired) electrons. The second-order valence-electron chi connectivity index (χ2n) is 7.74. The second kappa shape index (κ2) is 8.10. The fraction of sp³-hybridized carbons (Fsp3) is 0.350. The van der Waals surface area contributed by atoms with Crippen molar-refractivity contribution >= 4 is 29.3 Å². The van der Waals surface area contributed by atoms with E-state index in [4.69, 9.17) is 5.73 Å². The number of nitrogens with zero attached hydrogens (tertiary/aromatic N) is 4. The number of benzene rings is 1. The van der Waals surface area contributed by atoms with E-state index in [1.54, 1.807) is 4.90 Å². The van der Waals surface area contributed by atoms with Gasteiger partial charge in [0.15, 0.2) is 0 Å². The summed E-state index contributed by atoms with van der Waals surface area (Å²) in [4.78, 5) is 56.4. The summed E-state index contributed by atoms with van der Waals surface area (Å²) in [5, 5.41) is 23.1. The summed E-state index contributed by atoms with van der Waals surface area (Å²) in [5.41, 5.74) is 5.22. The molecule has 2 aromatic rings. The zero-order valence-electron chi connectivity index (χ0n) is 16.8. The van der Waals surface area contributed by atoms with Crippen molar-refractivity contribution in [3.05, 3.63) is 55.9 Å². The van der Waals surface area contributed by atoms with E-state index in [2.05, 4.69) is 15.3 Å². The smallest absolute Gasteiger partial charge is 0.269 e. The lowest BCUT2D eigenvalue weighted by Gasteiger charge is -2.33. The van der Waals surface area contributed by atoms with Crippen molar-refractivity contribution in [3.63, 3.8) is 0 Å². The average molecular weight is 437 g/mol. The Morgan fingerprint density at radius 1 is 1.25 bits per heavy atom. The van der Waals surface area contributed by atoms with E-state index in [0.29, 0.717) is 31.5 Å². The molecule has 164 valence electrons. The lowest BCUT2D eigenvalue weighted by Crippen LogP contribution is -2.42. The number of carbonyl (C=O) groups is 2. The van der Waals surface area contributed by atoms with Gasteiger partial charge in [0.1, 0.15) is 11.7 Å². The predicted molar refractivity (Wildman–Crippen MR) is 112 cm³/mol. The Bertz CT molecular complexity index is 1190. The van der Waals surface area contributed by atoms with E-state index in [0.717, 1.165) is 0 Å². The Hall–Kier alpha value is -4.27. The minimum Gasteiger partial charge on any atom is -0.369 e. The zero-order chi connectivity index (χ0) is 23.0. The molecule has 2 aliphatic rings. The van der Waals surface area contributed by atoms with Crippen molar-refractivity contribution in [2.45, 2.75) is 18.8 Å². The molecule has 0 saturated carbocycles. The third-order valence-electron chi connectivity index (χ3n) is 5.91. The van der Waals surface area contributed by atoms with Gasteiger partial charge in [0.05, 0.1) is 16.6 Å². The average Bonchev–Trinajstić information content (AvgIpc) is 2.78. The SMILES string of the molecule is N#CC1C(=O)Nc2nc(N3CCC(C(N)=O)CC3)[nH]c(=O)c2C1c1ccc([N+](=O)[O-])cc1. The van der Waals surface area contributed by atoms with Gasteiger partial charge in [-0.2, -0.15) is 10.2 Å². The number of hydrogen-bond donors (Lipinski definition) is 3. The number of non-ortho nitro benzene ring substituents is 1. The fourth-order valence-corrected chi connectivity index (χ4v) is 4.19. The minimum atomic E-state index is -1.20. The molecule has 12 heteroatoms. The highest BCUT2D eigenvalue weighted by Gasteiger charge is 2.40. The molecule has 2 aliphatic heterocycles. The van der Waals surface area contributed by atoms with Crippen molar-refractivity contribution in [2.24, 2.45) is 17.6 Å². The summed E-state index contributed by atoms with van der Waals surface area (Å²) in [6.45, 7) is 0.908. The molecular formula is C20H19N7O5. The number of fused-ring (bicyclic) bond motifs is 1. The molecular weight excluding hydrogens is 418 g/mol. The number of nitrogens with two attached hydrogens (primary N) is 1. The van der Waals surface area contributed by atoms with Gasteiger partial charge < -0.3 is 16.0 Å². The summed E-state index contributed by atoms with van der Waals surface area (Å²) in [7, 11) is 0. The number of nitrogens with one attached hydrogen (secondary N) is 2. The predicted octanol–water partition coefficient (Wildman–Crippen LogP) is 0.604. The van der Waals surface area contributed by atoms with Crippen molar-refractivity contribution in [3.8, 4) is 6.07 Å². The summed E-state index contributed by atoms with van der Waals surface area (Å²) in [5.74, 6) is -3.06. The summed E-state index contributed by atoms with van der Waals surface area (Å²) >= 11 is 0. The Labute approximate surface area is 181 Å². The van der Waals surface area contributed by atoms with Gasteiger partial charge in [0.25, 0.3) is 11.2 Å². The lowest BCUT2D eigenvalue weighted by atomic mass is 9.79. The number of anilines is 2. The number of amides is 2. The van der Waals surface area contributed by atoms with E-state index in [9.17, 15) is 29.8 Å². The van der Waals surface area contributed by atoms with Crippen LogP contribution in [0.1, 0.15) is 29.9 Å². The molecule has 2 unspecified atom stereocenters. The van der Waals surface area contributed by atoms with Gasteiger partial charge >= 0.3 is 0 Å². The molecule has 32 heavy (non-hydrogen) atoms. The van der Waals surface area contributed by atoms with Crippen LogP contribution in [0.25, 0.3) is 0 Å². The van der Waals surface area contributed by atoms with Gasteiger partial charge in [-0.15, -0.1) is 0 Å². The van der Waals surface area contributed by atoms with E-state index in [-0.39, 0.29) is 34.8 Å². The standard InChI is InChI=1S/C20H19N7O5/c21-9-13-14(10-1-3-12(4-2-10)27(31)32)15-17(23-18(13)29)24-20(25-19(15)30)26-7-5-11(6-8-26)16(22)28/h1-4,11,13-14H,5-8H2,(H2,22,28)(H2,23,24,25,29,30). The first-order valence-electron chi connectivity index (χ1n) is 9.93. The number of carbonyl (C=O) groups excluding carboxylic acids is 2. The number of nitriles is 1.